The number of anilines is 1. The maximum absolute atomic E-state index is 12.9. The molecule has 1 heterocycles. The number of nitro benzene ring substituents is 1. The van der Waals surface area contributed by atoms with Crippen LogP contribution in [0.4, 0.5) is 20.2 Å². The molecule has 0 saturated carbocycles. The van der Waals surface area contributed by atoms with Gasteiger partial charge in [-0.1, -0.05) is 23.7 Å². The molecule has 0 aromatic heterocycles. The van der Waals surface area contributed by atoms with Crippen LogP contribution in [0.2, 0.25) is 5.02 Å². The van der Waals surface area contributed by atoms with Gasteiger partial charge in [0.2, 0.25) is 5.91 Å². The van der Waals surface area contributed by atoms with Gasteiger partial charge in [-0.3, -0.25) is 19.7 Å². The number of carbonyl (C=O) groups excluding carboxylic acids is 2. The Morgan fingerprint density at radius 1 is 1.26 bits per heavy atom. The third kappa shape index (κ3) is 5.46. The SMILES string of the molecule is O=C(Nc1ccc(Cl)c([N+](=O)[O-])c1)C1CCCN(C(=O)c2ccccc2OC(F)F)C1. The summed E-state index contributed by atoms with van der Waals surface area (Å²) in [5.74, 6) is -1.74. The third-order valence-electron chi connectivity index (χ3n) is 4.82. The Bertz CT molecular complexity index is 1000. The summed E-state index contributed by atoms with van der Waals surface area (Å²) in [6, 6.07) is 9.59. The number of para-hydroxylation sites is 1. The van der Waals surface area contributed by atoms with E-state index in [2.05, 4.69) is 10.1 Å². The quantitative estimate of drug-likeness (QED) is 0.517. The van der Waals surface area contributed by atoms with E-state index in [0.717, 1.165) is 6.07 Å². The highest BCUT2D eigenvalue weighted by Crippen LogP contribution is 2.29. The first-order valence-electron chi connectivity index (χ1n) is 9.34. The van der Waals surface area contributed by atoms with Crippen LogP contribution >= 0.6 is 11.6 Å². The van der Waals surface area contributed by atoms with Gasteiger partial charge in [0.1, 0.15) is 10.8 Å². The topological polar surface area (TPSA) is 102 Å². The highest BCUT2D eigenvalue weighted by Gasteiger charge is 2.30. The van der Waals surface area contributed by atoms with Gasteiger partial charge in [-0.05, 0) is 37.1 Å². The second-order valence-corrected chi connectivity index (χ2v) is 7.28. The Kier molecular flexibility index (Phi) is 7.01. The smallest absolute Gasteiger partial charge is 0.387 e. The fourth-order valence-electron chi connectivity index (χ4n) is 3.36. The number of piperidine rings is 1. The number of alkyl halides is 2. The van der Waals surface area contributed by atoms with Crippen LogP contribution in [0, 0.1) is 16.0 Å². The molecule has 0 aliphatic carbocycles. The van der Waals surface area contributed by atoms with E-state index >= 15 is 0 Å². The molecule has 11 heteroatoms. The molecule has 0 bridgehead atoms. The average molecular weight is 454 g/mol. The summed E-state index contributed by atoms with van der Waals surface area (Å²) in [6.45, 7) is -2.64. The molecule has 3 rings (SSSR count). The summed E-state index contributed by atoms with van der Waals surface area (Å²) in [4.78, 5) is 37.3. The van der Waals surface area contributed by atoms with Gasteiger partial charge in [0.05, 0.1) is 16.4 Å². The number of hydrogen-bond acceptors (Lipinski definition) is 5. The Morgan fingerprint density at radius 3 is 2.71 bits per heavy atom. The number of nitrogens with zero attached hydrogens (tertiary/aromatic N) is 2. The van der Waals surface area contributed by atoms with Gasteiger partial charge in [-0.25, -0.2) is 0 Å². The highest BCUT2D eigenvalue weighted by molar-refractivity contribution is 6.32. The maximum Gasteiger partial charge on any atom is 0.387 e. The average Bonchev–Trinajstić information content (AvgIpc) is 2.74. The first-order chi connectivity index (χ1) is 14.8. The zero-order valence-electron chi connectivity index (χ0n) is 16.1. The maximum atomic E-state index is 12.9. The lowest BCUT2D eigenvalue weighted by atomic mass is 9.96. The molecule has 1 aliphatic rings. The molecule has 1 saturated heterocycles. The Morgan fingerprint density at radius 2 is 2.00 bits per heavy atom. The van der Waals surface area contributed by atoms with Gasteiger partial charge in [0.25, 0.3) is 11.6 Å². The molecule has 2 aromatic rings. The fraction of sp³-hybridized carbons (Fsp3) is 0.300. The molecule has 1 fully saturated rings. The molecule has 2 aromatic carbocycles. The summed E-state index contributed by atoms with van der Waals surface area (Å²) in [5, 5.41) is 13.6. The van der Waals surface area contributed by atoms with Gasteiger partial charge in [0.15, 0.2) is 0 Å². The summed E-state index contributed by atoms with van der Waals surface area (Å²) in [6.07, 6.45) is 1.03. The molecule has 0 radical (unpaired) electrons. The van der Waals surface area contributed by atoms with Crippen LogP contribution in [-0.4, -0.2) is 41.3 Å². The zero-order chi connectivity index (χ0) is 22.5. The van der Waals surface area contributed by atoms with Crippen LogP contribution in [0.5, 0.6) is 5.75 Å². The van der Waals surface area contributed by atoms with E-state index in [-0.39, 0.29) is 34.3 Å². The Balaban J connectivity index is 1.71. The van der Waals surface area contributed by atoms with Crippen LogP contribution in [0.15, 0.2) is 42.5 Å². The van der Waals surface area contributed by atoms with E-state index in [9.17, 15) is 28.5 Å². The molecule has 8 nitrogen and oxygen atoms in total. The van der Waals surface area contributed by atoms with Crippen LogP contribution in [-0.2, 0) is 4.79 Å². The molecule has 1 N–H and O–H groups in total. The van der Waals surface area contributed by atoms with Gasteiger partial charge >= 0.3 is 6.61 Å². The van der Waals surface area contributed by atoms with Crippen molar-refractivity contribution in [2.75, 3.05) is 18.4 Å². The molecule has 164 valence electrons. The number of carbonyl (C=O) groups is 2. The number of likely N-dealkylation sites (tertiary alicyclic amines) is 1. The van der Waals surface area contributed by atoms with Gasteiger partial charge < -0.3 is 15.0 Å². The van der Waals surface area contributed by atoms with Crippen molar-refractivity contribution in [3.8, 4) is 5.75 Å². The van der Waals surface area contributed by atoms with Crippen LogP contribution < -0.4 is 10.1 Å². The minimum Gasteiger partial charge on any atom is -0.434 e. The predicted octanol–water partition coefficient (Wildman–Crippen LogP) is 4.34. The molecule has 0 spiro atoms. The summed E-state index contributed by atoms with van der Waals surface area (Å²) >= 11 is 5.78. The molecule has 1 atom stereocenters. The monoisotopic (exact) mass is 453 g/mol. The summed E-state index contributed by atoms with van der Waals surface area (Å²) in [5.41, 5.74) is -0.145. The normalized spacial score (nSPS) is 16.1. The van der Waals surface area contributed by atoms with E-state index in [1.807, 2.05) is 0 Å². The predicted molar refractivity (Wildman–Crippen MR) is 108 cm³/mol. The van der Waals surface area contributed by atoms with Crippen LogP contribution in [0.3, 0.4) is 0 Å². The van der Waals surface area contributed by atoms with E-state index in [1.54, 1.807) is 0 Å². The van der Waals surface area contributed by atoms with Crippen molar-refractivity contribution in [2.24, 2.45) is 5.92 Å². The largest absolute Gasteiger partial charge is 0.434 e. The van der Waals surface area contributed by atoms with Crippen molar-refractivity contribution >= 4 is 34.8 Å². The van der Waals surface area contributed by atoms with E-state index < -0.39 is 29.3 Å². The van der Waals surface area contributed by atoms with Gasteiger partial charge in [-0.2, -0.15) is 8.78 Å². The van der Waals surface area contributed by atoms with Gasteiger partial charge in [0, 0.05) is 24.8 Å². The number of halogens is 3. The van der Waals surface area contributed by atoms with Crippen molar-refractivity contribution < 1.29 is 28.0 Å². The first-order valence-corrected chi connectivity index (χ1v) is 9.72. The molecule has 31 heavy (non-hydrogen) atoms. The second kappa shape index (κ2) is 9.69. The number of nitrogens with one attached hydrogen (secondary N) is 1. The summed E-state index contributed by atoms with van der Waals surface area (Å²) in [7, 11) is 0. The van der Waals surface area contributed by atoms with Crippen molar-refractivity contribution in [1.29, 1.82) is 0 Å². The zero-order valence-corrected chi connectivity index (χ0v) is 16.9. The molecule has 2 amide bonds. The lowest BCUT2D eigenvalue weighted by molar-refractivity contribution is -0.384. The second-order valence-electron chi connectivity index (χ2n) is 6.88. The molecular weight excluding hydrogens is 436 g/mol. The van der Waals surface area contributed by atoms with E-state index in [1.165, 1.54) is 41.3 Å². The Hall–Kier alpha value is -3.27. The van der Waals surface area contributed by atoms with Crippen LogP contribution in [0.1, 0.15) is 23.2 Å². The van der Waals surface area contributed by atoms with E-state index in [4.69, 9.17) is 11.6 Å². The number of rotatable bonds is 6. The van der Waals surface area contributed by atoms with Gasteiger partial charge in [-0.15, -0.1) is 0 Å². The first kappa shape index (κ1) is 22.4. The molecule has 1 unspecified atom stereocenters. The Labute approximate surface area is 180 Å². The summed E-state index contributed by atoms with van der Waals surface area (Å²) < 4.78 is 29.7. The van der Waals surface area contributed by atoms with Crippen molar-refractivity contribution in [3.05, 3.63) is 63.2 Å². The van der Waals surface area contributed by atoms with Crippen LogP contribution in [0.25, 0.3) is 0 Å². The number of amides is 2. The highest BCUT2D eigenvalue weighted by atomic mass is 35.5. The standard InChI is InChI=1S/C20H18ClF2N3O5/c21-15-8-7-13(10-16(15)26(29)30)24-18(27)12-4-3-9-25(11-12)19(28)14-5-1-2-6-17(14)31-20(22)23/h1-2,5-8,10,12,20H,3-4,9,11H2,(H,24,27). The number of nitro groups is 1. The molecular formula is C20H18ClF2N3O5. The van der Waals surface area contributed by atoms with Crippen molar-refractivity contribution in [2.45, 2.75) is 19.5 Å². The van der Waals surface area contributed by atoms with Crippen molar-refractivity contribution in [1.82, 2.24) is 4.90 Å². The van der Waals surface area contributed by atoms with E-state index in [0.29, 0.717) is 19.4 Å². The minimum absolute atomic E-state index is 0.0165. The number of ether oxygens (including phenoxy) is 1. The molecule has 1 aliphatic heterocycles. The minimum atomic E-state index is -3.07. The lowest BCUT2D eigenvalue weighted by Gasteiger charge is -2.32. The third-order valence-corrected chi connectivity index (χ3v) is 5.14. The number of benzene rings is 2. The lowest BCUT2D eigenvalue weighted by Crippen LogP contribution is -2.43. The number of hydrogen-bond donors (Lipinski definition) is 1. The van der Waals surface area contributed by atoms with Crippen molar-refractivity contribution in [3.63, 3.8) is 0 Å². The fourth-order valence-corrected chi connectivity index (χ4v) is 3.55.